The second-order valence-corrected chi connectivity index (χ2v) is 7.21. The van der Waals surface area contributed by atoms with Crippen LogP contribution in [0.1, 0.15) is 25.7 Å². The van der Waals surface area contributed by atoms with Crippen LogP contribution in [-0.4, -0.2) is 51.8 Å². The van der Waals surface area contributed by atoms with Crippen LogP contribution in [0.25, 0.3) is 5.13 Å². The molecule has 0 aliphatic carbocycles. The van der Waals surface area contributed by atoms with Gasteiger partial charge >= 0.3 is 0 Å². The van der Waals surface area contributed by atoms with E-state index in [2.05, 4.69) is 15.1 Å². The van der Waals surface area contributed by atoms with Crippen LogP contribution in [0.15, 0.2) is 24.5 Å². The van der Waals surface area contributed by atoms with Crippen LogP contribution in [0.2, 0.25) is 0 Å². The monoisotopic (exact) mass is 331 g/mol. The third kappa shape index (κ3) is 2.97. The number of hydrogen-bond donors (Lipinski definition) is 0. The van der Waals surface area contributed by atoms with Crippen molar-refractivity contribution >= 4 is 22.4 Å². The van der Waals surface area contributed by atoms with E-state index in [0.29, 0.717) is 5.91 Å². The highest BCUT2D eigenvalue weighted by Crippen LogP contribution is 2.29. The normalized spacial score (nSPS) is 21.8. The maximum Gasteiger partial charge on any atom is 0.227 e. The van der Waals surface area contributed by atoms with E-state index >= 15 is 0 Å². The van der Waals surface area contributed by atoms with Crippen molar-refractivity contribution in [1.82, 2.24) is 19.7 Å². The number of hydrogen-bond acceptors (Lipinski definition) is 5. The Bertz CT molecular complexity index is 662. The van der Waals surface area contributed by atoms with E-state index in [1.165, 1.54) is 0 Å². The van der Waals surface area contributed by atoms with Crippen molar-refractivity contribution in [2.75, 3.05) is 31.1 Å². The summed E-state index contributed by atoms with van der Waals surface area (Å²) in [4.78, 5) is 16.9. The number of carbonyl (C=O) groups excluding carboxylic acids is 1. The first-order valence-electron chi connectivity index (χ1n) is 8.32. The minimum Gasteiger partial charge on any atom is -0.346 e. The Labute approximate surface area is 139 Å². The highest BCUT2D eigenvalue weighted by Gasteiger charge is 2.31. The molecule has 0 aromatic carbocycles. The van der Waals surface area contributed by atoms with Gasteiger partial charge in [-0.2, -0.15) is 0 Å². The largest absolute Gasteiger partial charge is 0.346 e. The number of aromatic nitrogens is 3. The van der Waals surface area contributed by atoms with Gasteiger partial charge in [0.15, 0.2) is 0 Å². The van der Waals surface area contributed by atoms with Crippen molar-refractivity contribution in [3.63, 3.8) is 0 Å². The van der Waals surface area contributed by atoms with Crippen molar-refractivity contribution in [1.29, 1.82) is 0 Å². The van der Waals surface area contributed by atoms with Crippen molar-refractivity contribution in [3.05, 3.63) is 24.5 Å². The Morgan fingerprint density at radius 3 is 2.57 bits per heavy atom. The summed E-state index contributed by atoms with van der Waals surface area (Å²) in [6, 6.07) is 3.96. The van der Waals surface area contributed by atoms with Crippen molar-refractivity contribution < 1.29 is 4.79 Å². The minimum absolute atomic E-state index is 0.112. The molecule has 122 valence electrons. The van der Waals surface area contributed by atoms with E-state index < -0.39 is 0 Å². The molecule has 0 saturated carbocycles. The molecule has 23 heavy (non-hydrogen) atoms. The molecule has 6 nitrogen and oxygen atoms in total. The van der Waals surface area contributed by atoms with Gasteiger partial charge < -0.3 is 9.80 Å². The lowest BCUT2D eigenvalue weighted by Crippen LogP contribution is -2.44. The highest BCUT2D eigenvalue weighted by molar-refractivity contribution is 7.17. The lowest BCUT2D eigenvalue weighted by molar-refractivity contribution is -0.134. The quantitative estimate of drug-likeness (QED) is 0.865. The van der Waals surface area contributed by atoms with E-state index in [0.717, 1.165) is 62.1 Å². The SMILES string of the molecule is O=C([C@H]1CCCN(c2nnc(-n3cccc3)s2)C1)N1CCCC1. The molecule has 2 aliphatic rings. The van der Waals surface area contributed by atoms with Gasteiger partial charge in [-0.15, -0.1) is 10.2 Å². The first-order valence-corrected chi connectivity index (χ1v) is 9.13. The third-order valence-electron chi connectivity index (χ3n) is 4.69. The molecule has 1 atom stereocenters. The highest BCUT2D eigenvalue weighted by atomic mass is 32.1. The molecule has 2 aromatic heterocycles. The van der Waals surface area contributed by atoms with Crippen LogP contribution < -0.4 is 4.90 Å². The molecule has 0 unspecified atom stereocenters. The summed E-state index contributed by atoms with van der Waals surface area (Å²) in [7, 11) is 0. The summed E-state index contributed by atoms with van der Waals surface area (Å²) in [5.74, 6) is 0.447. The number of amides is 1. The molecule has 2 saturated heterocycles. The van der Waals surface area contributed by atoms with Gasteiger partial charge in [0.1, 0.15) is 0 Å². The second-order valence-electron chi connectivity index (χ2n) is 6.28. The topological polar surface area (TPSA) is 54.3 Å². The molecular weight excluding hydrogens is 310 g/mol. The second kappa shape index (κ2) is 6.31. The molecule has 0 bridgehead atoms. The predicted molar refractivity (Wildman–Crippen MR) is 90.0 cm³/mol. The molecule has 0 radical (unpaired) electrons. The van der Waals surface area contributed by atoms with Gasteiger partial charge in [-0.25, -0.2) is 0 Å². The fourth-order valence-electron chi connectivity index (χ4n) is 3.45. The molecule has 2 fully saturated rings. The summed E-state index contributed by atoms with van der Waals surface area (Å²) >= 11 is 1.58. The van der Waals surface area contributed by atoms with Crippen LogP contribution in [0.5, 0.6) is 0 Å². The zero-order valence-electron chi connectivity index (χ0n) is 13.1. The third-order valence-corrected chi connectivity index (χ3v) is 5.69. The van der Waals surface area contributed by atoms with Crippen LogP contribution in [0, 0.1) is 5.92 Å². The van der Waals surface area contributed by atoms with Gasteiger partial charge in [-0.1, -0.05) is 11.3 Å². The molecule has 4 heterocycles. The first kappa shape index (κ1) is 14.7. The number of carbonyl (C=O) groups is 1. The Balaban J connectivity index is 1.46. The Kier molecular flexibility index (Phi) is 4.03. The summed E-state index contributed by atoms with van der Waals surface area (Å²) in [5.41, 5.74) is 0. The van der Waals surface area contributed by atoms with Crippen molar-refractivity contribution in [2.24, 2.45) is 5.92 Å². The Hall–Kier alpha value is -1.89. The molecule has 0 N–H and O–H groups in total. The summed E-state index contributed by atoms with van der Waals surface area (Å²) in [6.07, 6.45) is 8.29. The zero-order valence-corrected chi connectivity index (χ0v) is 13.9. The minimum atomic E-state index is 0.112. The molecular formula is C16H21N5OS. The standard InChI is InChI=1S/C16H21N5OS/c22-14(19-7-1-2-8-19)13-6-5-11-21(12-13)16-18-17-15(23-16)20-9-3-4-10-20/h3-4,9-10,13H,1-2,5-8,11-12H2/t13-/m0/s1. The first-order chi connectivity index (χ1) is 11.3. The van der Waals surface area contributed by atoms with Gasteiger partial charge in [0.25, 0.3) is 0 Å². The summed E-state index contributed by atoms with van der Waals surface area (Å²) < 4.78 is 1.97. The van der Waals surface area contributed by atoms with Gasteiger partial charge in [-0.05, 0) is 37.8 Å². The van der Waals surface area contributed by atoms with Crippen LogP contribution in [0.3, 0.4) is 0 Å². The zero-order chi connectivity index (χ0) is 15.6. The number of anilines is 1. The average molecular weight is 331 g/mol. The van der Waals surface area contributed by atoms with E-state index in [1.54, 1.807) is 11.3 Å². The fourth-order valence-corrected chi connectivity index (χ4v) is 4.30. The molecule has 4 rings (SSSR count). The molecule has 0 spiro atoms. The number of rotatable bonds is 3. The summed E-state index contributed by atoms with van der Waals surface area (Å²) in [6.45, 7) is 3.61. The Morgan fingerprint density at radius 2 is 1.78 bits per heavy atom. The molecule has 1 amide bonds. The Morgan fingerprint density at radius 1 is 1.04 bits per heavy atom. The van der Waals surface area contributed by atoms with Crippen molar-refractivity contribution in [2.45, 2.75) is 25.7 Å². The molecule has 2 aromatic rings. The van der Waals surface area contributed by atoms with E-state index in [4.69, 9.17) is 0 Å². The van der Waals surface area contributed by atoms with Gasteiger partial charge in [0.05, 0.1) is 5.92 Å². The van der Waals surface area contributed by atoms with Crippen LogP contribution in [-0.2, 0) is 4.79 Å². The van der Waals surface area contributed by atoms with Gasteiger partial charge in [0, 0.05) is 38.6 Å². The lowest BCUT2D eigenvalue weighted by atomic mass is 9.97. The van der Waals surface area contributed by atoms with E-state index in [1.807, 2.05) is 34.0 Å². The molecule has 2 aliphatic heterocycles. The van der Waals surface area contributed by atoms with Crippen LogP contribution >= 0.6 is 11.3 Å². The van der Waals surface area contributed by atoms with Crippen molar-refractivity contribution in [3.8, 4) is 5.13 Å². The smallest absolute Gasteiger partial charge is 0.227 e. The van der Waals surface area contributed by atoms with E-state index in [9.17, 15) is 4.79 Å². The maximum absolute atomic E-state index is 12.6. The van der Waals surface area contributed by atoms with Gasteiger partial charge in [-0.3, -0.25) is 9.36 Å². The predicted octanol–water partition coefficient (Wildman–Crippen LogP) is 2.17. The number of likely N-dealkylation sites (tertiary alicyclic amines) is 1. The fraction of sp³-hybridized carbons (Fsp3) is 0.562. The lowest BCUT2D eigenvalue weighted by Gasteiger charge is -2.33. The van der Waals surface area contributed by atoms with Gasteiger partial charge in [0.2, 0.25) is 16.2 Å². The maximum atomic E-state index is 12.6. The number of nitrogens with zero attached hydrogens (tertiary/aromatic N) is 5. The number of piperidine rings is 1. The average Bonchev–Trinajstić information content (AvgIpc) is 3.36. The summed E-state index contributed by atoms with van der Waals surface area (Å²) in [5, 5.41) is 10.4. The van der Waals surface area contributed by atoms with Crippen LogP contribution in [0.4, 0.5) is 5.13 Å². The van der Waals surface area contributed by atoms with E-state index in [-0.39, 0.29) is 5.92 Å². The molecule has 7 heteroatoms.